The topological polar surface area (TPSA) is 45.7 Å². The summed E-state index contributed by atoms with van der Waals surface area (Å²) in [5, 5.41) is 0. The number of pyridine rings is 1. The van der Waals surface area contributed by atoms with Gasteiger partial charge in [0.15, 0.2) is 0 Å². The Morgan fingerprint density at radius 3 is 2.90 bits per heavy atom. The van der Waals surface area contributed by atoms with Gasteiger partial charge < -0.3 is 14.5 Å². The Bertz CT molecular complexity index is 460. The monoisotopic (exact) mass is 277 g/mol. The Morgan fingerprint density at radius 1 is 1.45 bits per heavy atom. The van der Waals surface area contributed by atoms with E-state index in [0.717, 1.165) is 26.1 Å². The first-order chi connectivity index (χ1) is 9.65. The normalized spacial score (nSPS) is 18.7. The van der Waals surface area contributed by atoms with Crippen molar-refractivity contribution in [3.8, 4) is 5.88 Å². The van der Waals surface area contributed by atoms with E-state index in [1.807, 2.05) is 7.05 Å². The summed E-state index contributed by atoms with van der Waals surface area (Å²) in [5.74, 6) is 0.449. The number of hydrogen-bond acceptors (Lipinski definition) is 4. The molecule has 1 aromatic heterocycles. The third-order valence-electron chi connectivity index (χ3n) is 3.77. The highest BCUT2D eigenvalue weighted by molar-refractivity contribution is 5.96. The Kier molecular flexibility index (Phi) is 4.95. The van der Waals surface area contributed by atoms with E-state index in [0.29, 0.717) is 18.0 Å². The zero-order chi connectivity index (χ0) is 14.5. The SMILES string of the molecule is CCN(CC)CCC1CN(C)C(=O)c2cccnc2O1. The van der Waals surface area contributed by atoms with Crippen molar-refractivity contribution < 1.29 is 9.53 Å². The average Bonchev–Trinajstić information content (AvgIpc) is 2.58. The first-order valence-corrected chi connectivity index (χ1v) is 7.25. The van der Waals surface area contributed by atoms with Crippen LogP contribution in [0.15, 0.2) is 18.3 Å². The first-order valence-electron chi connectivity index (χ1n) is 7.25. The van der Waals surface area contributed by atoms with Crippen LogP contribution in [0.25, 0.3) is 0 Å². The summed E-state index contributed by atoms with van der Waals surface area (Å²) in [6.07, 6.45) is 2.56. The van der Waals surface area contributed by atoms with Crippen LogP contribution in [0.1, 0.15) is 30.6 Å². The number of nitrogens with zero attached hydrogens (tertiary/aromatic N) is 3. The lowest BCUT2D eigenvalue weighted by Gasteiger charge is -2.24. The summed E-state index contributed by atoms with van der Waals surface area (Å²) >= 11 is 0. The number of amides is 1. The van der Waals surface area contributed by atoms with E-state index in [2.05, 4.69) is 23.7 Å². The summed E-state index contributed by atoms with van der Waals surface area (Å²) in [6.45, 7) is 7.96. The van der Waals surface area contributed by atoms with Gasteiger partial charge in [-0.3, -0.25) is 4.79 Å². The molecule has 110 valence electrons. The number of ether oxygens (including phenoxy) is 1. The molecule has 5 heteroatoms. The molecule has 20 heavy (non-hydrogen) atoms. The minimum Gasteiger partial charge on any atom is -0.472 e. The van der Waals surface area contributed by atoms with Gasteiger partial charge in [0, 0.05) is 19.8 Å². The number of carbonyl (C=O) groups is 1. The second kappa shape index (κ2) is 6.70. The molecule has 2 rings (SSSR count). The van der Waals surface area contributed by atoms with Crippen molar-refractivity contribution in [2.75, 3.05) is 33.2 Å². The lowest BCUT2D eigenvalue weighted by Crippen LogP contribution is -2.36. The molecule has 1 aliphatic heterocycles. The van der Waals surface area contributed by atoms with Crippen LogP contribution in [-0.2, 0) is 0 Å². The van der Waals surface area contributed by atoms with Crippen molar-refractivity contribution in [2.45, 2.75) is 26.4 Å². The molecule has 0 saturated heterocycles. The van der Waals surface area contributed by atoms with Gasteiger partial charge in [0.2, 0.25) is 5.88 Å². The quantitative estimate of drug-likeness (QED) is 0.821. The van der Waals surface area contributed by atoms with E-state index in [9.17, 15) is 4.79 Å². The lowest BCUT2D eigenvalue weighted by atomic mass is 10.2. The highest BCUT2D eigenvalue weighted by Gasteiger charge is 2.27. The van der Waals surface area contributed by atoms with Crippen LogP contribution in [0.3, 0.4) is 0 Å². The molecule has 0 aromatic carbocycles. The molecule has 5 nitrogen and oxygen atoms in total. The third-order valence-corrected chi connectivity index (χ3v) is 3.77. The molecule has 1 atom stereocenters. The Hall–Kier alpha value is -1.62. The van der Waals surface area contributed by atoms with Gasteiger partial charge in [-0.15, -0.1) is 0 Å². The van der Waals surface area contributed by atoms with Crippen LogP contribution in [0.5, 0.6) is 5.88 Å². The van der Waals surface area contributed by atoms with Gasteiger partial charge in [-0.2, -0.15) is 0 Å². The molecule has 1 amide bonds. The molecule has 2 heterocycles. The van der Waals surface area contributed by atoms with Crippen LogP contribution < -0.4 is 4.74 Å². The fourth-order valence-corrected chi connectivity index (χ4v) is 2.45. The zero-order valence-electron chi connectivity index (χ0n) is 12.5. The predicted octanol–water partition coefficient (Wildman–Crippen LogP) is 1.65. The number of hydrogen-bond donors (Lipinski definition) is 0. The molecule has 0 radical (unpaired) electrons. The maximum absolute atomic E-state index is 12.2. The second-order valence-electron chi connectivity index (χ2n) is 5.10. The van der Waals surface area contributed by atoms with E-state index in [1.165, 1.54) is 0 Å². The third kappa shape index (κ3) is 3.28. The number of rotatable bonds is 5. The van der Waals surface area contributed by atoms with Gasteiger partial charge in [0.25, 0.3) is 5.91 Å². The summed E-state index contributed by atoms with van der Waals surface area (Å²) in [6, 6.07) is 3.54. The molecule has 0 N–H and O–H groups in total. The molecule has 1 unspecified atom stereocenters. The minimum absolute atomic E-state index is 0.000648. The maximum atomic E-state index is 12.2. The minimum atomic E-state index is -0.0153. The second-order valence-corrected chi connectivity index (χ2v) is 5.10. The molecule has 0 bridgehead atoms. The maximum Gasteiger partial charge on any atom is 0.259 e. The van der Waals surface area contributed by atoms with Crippen molar-refractivity contribution >= 4 is 5.91 Å². The number of carbonyl (C=O) groups excluding carboxylic acids is 1. The molecular weight excluding hydrogens is 254 g/mol. The van der Waals surface area contributed by atoms with Crippen LogP contribution in [0.4, 0.5) is 0 Å². The molecule has 0 spiro atoms. The van der Waals surface area contributed by atoms with Crippen molar-refractivity contribution in [1.29, 1.82) is 0 Å². The molecule has 0 fully saturated rings. The molecule has 1 aliphatic rings. The summed E-state index contributed by atoms with van der Waals surface area (Å²) in [5.41, 5.74) is 0.556. The van der Waals surface area contributed by atoms with Crippen molar-refractivity contribution in [3.63, 3.8) is 0 Å². The highest BCUT2D eigenvalue weighted by Crippen LogP contribution is 2.22. The van der Waals surface area contributed by atoms with Gasteiger partial charge in [0.1, 0.15) is 11.7 Å². The van der Waals surface area contributed by atoms with E-state index in [4.69, 9.17) is 4.74 Å². The summed E-state index contributed by atoms with van der Waals surface area (Å²) in [4.78, 5) is 20.5. The first kappa shape index (κ1) is 14.8. The van der Waals surface area contributed by atoms with E-state index in [1.54, 1.807) is 23.2 Å². The number of aromatic nitrogens is 1. The van der Waals surface area contributed by atoms with Gasteiger partial charge in [-0.1, -0.05) is 13.8 Å². The fraction of sp³-hybridized carbons (Fsp3) is 0.600. The molecule has 1 aromatic rings. The Labute approximate surface area is 120 Å². The fourth-order valence-electron chi connectivity index (χ4n) is 2.45. The number of fused-ring (bicyclic) bond motifs is 1. The smallest absolute Gasteiger partial charge is 0.259 e. The van der Waals surface area contributed by atoms with E-state index < -0.39 is 0 Å². The molecule has 0 aliphatic carbocycles. The van der Waals surface area contributed by atoms with Crippen LogP contribution in [0, 0.1) is 0 Å². The predicted molar refractivity (Wildman–Crippen MR) is 78.0 cm³/mol. The van der Waals surface area contributed by atoms with Gasteiger partial charge in [0.05, 0.1) is 6.54 Å². The molecule has 0 saturated carbocycles. The van der Waals surface area contributed by atoms with Crippen molar-refractivity contribution in [3.05, 3.63) is 23.9 Å². The number of likely N-dealkylation sites (N-methyl/N-ethyl adjacent to an activating group) is 1. The van der Waals surface area contributed by atoms with E-state index >= 15 is 0 Å². The van der Waals surface area contributed by atoms with Crippen molar-refractivity contribution in [1.82, 2.24) is 14.8 Å². The zero-order valence-corrected chi connectivity index (χ0v) is 12.5. The van der Waals surface area contributed by atoms with Crippen molar-refractivity contribution in [2.24, 2.45) is 0 Å². The summed E-state index contributed by atoms with van der Waals surface area (Å²) < 4.78 is 5.94. The van der Waals surface area contributed by atoms with Crippen LogP contribution in [0.2, 0.25) is 0 Å². The highest BCUT2D eigenvalue weighted by atomic mass is 16.5. The Balaban J connectivity index is 2.08. The lowest BCUT2D eigenvalue weighted by molar-refractivity contribution is 0.0745. The Morgan fingerprint density at radius 2 is 2.20 bits per heavy atom. The van der Waals surface area contributed by atoms with Gasteiger partial charge >= 0.3 is 0 Å². The summed E-state index contributed by atoms with van der Waals surface area (Å²) in [7, 11) is 1.82. The van der Waals surface area contributed by atoms with Gasteiger partial charge in [-0.25, -0.2) is 4.98 Å². The van der Waals surface area contributed by atoms with Crippen LogP contribution >= 0.6 is 0 Å². The van der Waals surface area contributed by atoms with E-state index in [-0.39, 0.29) is 12.0 Å². The van der Waals surface area contributed by atoms with Crippen LogP contribution in [-0.4, -0.2) is 60.0 Å². The van der Waals surface area contributed by atoms with Gasteiger partial charge in [-0.05, 0) is 31.6 Å². The largest absolute Gasteiger partial charge is 0.472 e. The molecular formula is C15H23N3O2. The standard InChI is InChI=1S/C15H23N3O2/c1-4-18(5-2)10-8-12-11-17(3)15(19)13-7-6-9-16-14(13)20-12/h6-7,9,12H,4-5,8,10-11H2,1-3H3. The average molecular weight is 277 g/mol.